The minimum atomic E-state index is -3.38. The van der Waals surface area contributed by atoms with E-state index in [-0.39, 0.29) is 25.4 Å². The molecule has 0 aliphatic carbocycles. The number of carbonyl (C=O) groups is 1. The van der Waals surface area contributed by atoms with Crippen LogP contribution >= 0.6 is 0 Å². The highest BCUT2D eigenvalue weighted by Crippen LogP contribution is 2.09. The molecule has 0 bridgehead atoms. The lowest BCUT2D eigenvalue weighted by Crippen LogP contribution is -2.34. The maximum Gasteiger partial charge on any atom is 0.221 e. The highest BCUT2D eigenvalue weighted by molar-refractivity contribution is 7.88. The predicted octanol–water partition coefficient (Wildman–Crippen LogP) is 1.59. The molecular formula is C14H24N2O4S. The van der Waals surface area contributed by atoms with Gasteiger partial charge in [-0.2, -0.15) is 4.31 Å². The van der Waals surface area contributed by atoms with E-state index >= 15 is 0 Å². The molecule has 0 unspecified atom stereocenters. The zero-order chi connectivity index (χ0) is 15.9. The summed E-state index contributed by atoms with van der Waals surface area (Å²) in [6.45, 7) is 5.08. The molecule has 0 saturated heterocycles. The van der Waals surface area contributed by atoms with Crippen LogP contribution in [0, 0.1) is 5.92 Å². The molecule has 0 aromatic carbocycles. The van der Waals surface area contributed by atoms with Crippen molar-refractivity contribution in [1.82, 2.24) is 9.62 Å². The molecule has 0 aliphatic rings. The Morgan fingerprint density at radius 2 is 2.14 bits per heavy atom. The van der Waals surface area contributed by atoms with Crippen molar-refractivity contribution >= 4 is 15.9 Å². The first kappa shape index (κ1) is 17.7. The van der Waals surface area contributed by atoms with Gasteiger partial charge >= 0.3 is 0 Å². The largest absolute Gasteiger partial charge is 0.468 e. The van der Waals surface area contributed by atoms with E-state index in [0.29, 0.717) is 18.2 Å². The highest BCUT2D eigenvalue weighted by Gasteiger charge is 2.19. The molecule has 1 heterocycles. The fourth-order valence-corrected chi connectivity index (χ4v) is 2.54. The van der Waals surface area contributed by atoms with Gasteiger partial charge in [0.1, 0.15) is 5.76 Å². The molecule has 1 rings (SSSR count). The van der Waals surface area contributed by atoms with E-state index < -0.39 is 10.0 Å². The number of furan rings is 1. The molecule has 0 saturated carbocycles. The Balaban J connectivity index is 2.45. The standard InChI is InChI=1S/C14H24N2O4S/c1-12(2)6-8-15-14(17)7-9-16(21(3,18)19)11-13-5-4-10-20-13/h4-5,10,12H,6-9,11H2,1-3H3,(H,15,17). The van der Waals surface area contributed by atoms with Crippen LogP contribution in [-0.2, 0) is 21.4 Å². The van der Waals surface area contributed by atoms with E-state index in [1.165, 1.54) is 10.6 Å². The van der Waals surface area contributed by atoms with Crippen LogP contribution in [0.3, 0.4) is 0 Å². The van der Waals surface area contributed by atoms with Crippen molar-refractivity contribution in [3.8, 4) is 0 Å². The second-order valence-corrected chi connectivity index (χ2v) is 7.44. The van der Waals surface area contributed by atoms with Gasteiger partial charge in [0, 0.05) is 19.5 Å². The lowest BCUT2D eigenvalue weighted by atomic mass is 10.1. The number of hydrogen-bond donors (Lipinski definition) is 1. The maximum atomic E-state index is 11.7. The monoisotopic (exact) mass is 316 g/mol. The molecule has 21 heavy (non-hydrogen) atoms. The third-order valence-corrected chi connectivity index (χ3v) is 4.26. The molecule has 0 fully saturated rings. The number of hydrogen-bond acceptors (Lipinski definition) is 4. The average molecular weight is 316 g/mol. The van der Waals surface area contributed by atoms with Crippen LogP contribution in [0.5, 0.6) is 0 Å². The van der Waals surface area contributed by atoms with Crippen LogP contribution in [-0.4, -0.2) is 38.0 Å². The first-order valence-corrected chi connectivity index (χ1v) is 8.88. The normalized spacial score (nSPS) is 12.0. The minimum absolute atomic E-state index is 0.135. The predicted molar refractivity (Wildman–Crippen MR) is 81.0 cm³/mol. The topological polar surface area (TPSA) is 79.6 Å². The molecule has 0 radical (unpaired) electrons. The number of amides is 1. The second kappa shape index (κ2) is 8.19. The van der Waals surface area contributed by atoms with Gasteiger partial charge < -0.3 is 9.73 Å². The number of carbonyl (C=O) groups excluding carboxylic acids is 1. The van der Waals surface area contributed by atoms with E-state index in [2.05, 4.69) is 19.2 Å². The van der Waals surface area contributed by atoms with E-state index in [0.717, 1.165) is 12.7 Å². The third-order valence-electron chi connectivity index (χ3n) is 3.01. The lowest BCUT2D eigenvalue weighted by Gasteiger charge is -2.18. The summed E-state index contributed by atoms with van der Waals surface area (Å²) in [6, 6.07) is 3.41. The summed E-state index contributed by atoms with van der Waals surface area (Å²) in [5.41, 5.74) is 0. The summed E-state index contributed by atoms with van der Waals surface area (Å²) in [6.07, 6.45) is 3.68. The van der Waals surface area contributed by atoms with Gasteiger partial charge in [-0.25, -0.2) is 8.42 Å². The zero-order valence-electron chi connectivity index (χ0n) is 12.8. The highest BCUT2D eigenvalue weighted by atomic mass is 32.2. The lowest BCUT2D eigenvalue weighted by molar-refractivity contribution is -0.121. The summed E-state index contributed by atoms with van der Waals surface area (Å²) in [5, 5.41) is 2.80. The summed E-state index contributed by atoms with van der Waals surface area (Å²) < 4.78 is 29.8. The van der Waals surface area contributed by atoms with Crippen LogP contribution in [0.4, 0.5) is 0 Å². The SMILES string of the molecule is CC(C)CCNC(=O)CCN(Cc1ccco1)S(C)(=O)=O. The minimum Gasteiger partial charge on any atom is -0.468 e. The Morgan fingerprint density at radius 3 is 2.67 bits per heavy atom. The van der Waals surface area contributed by atoms with Gasteiger partial charge in [-0.15, -0.1) is 0 Å². The van der Waals surface area contributed by atoms with E-state index in [4.69, 9.17) is 4.42 Å². The van der Waals surface area contributed by atoms with Gasteiger partial charge in [0.15, 0.2) is 0 Å². The molecule has 120 valence electrons. The number of nitrogens with zero attached hydrogens (tertiary/aromatic N) is 1. The Hall–Kier alpha value is -1.34. The van der Waals surface area contributed by atoms with Crippen molar-refractivity contribution in [3.05, 3.63) is 24.2 Å². The van der Waals surface area contributed by atoms with Gasteiger partial charge in [0.05, 0.1) is 19.1 Å². The molecule has 6 nitrogen and oxygen atoms in total. The van der Waals surface area contributed by atoms with E-state index in [9.17, 15) is 13.2 Å². The maximum absolute atomic E-state index is 11.7. The van der Waals surface area contributed by atoms with Crippen LogP contribution in [0.25, 0.3) is 0 Å². The molecule has 1 N–H and O–H groups in total. The average Bonchev–Trinajstić information content (AvgIpc) is 2.85. The van der Waals surface area contributed by atoms with Crippen molar-refractivity contribution in [1.29, 1.82) is 0 Å². The van der Waals surface area contributed by atoms with Crippen molar-refractivity contribution in [2.24, 2.45) is 5.92 Å². The van der Waals surface area contributed by atoms with Gasteiger partial charge in [-0.1, -0.05) is 13.8 Å². The van der Waals surface area contributed by atoms with E-state index in [1.54, 1.807) is 12.1 Å². The van der Waals surface area contributed by atoms with Crippen LogP contribution in [0.2, 0.25) is 0 Å². The van der Waals surface area contributed by atoms with Crippen molar-refractivity contribution in [2.45, 2.75) is 33.2 Å². The molecule has 0 spiro atoms. The van der Waals surface area contributed by atoms with Gasteiger partial charge in [0.2, 0.25) is 15.9 Å². The quantitative estimate of drug-likeness (QED) is 0.750. The van der Waals surface area contributed by atoms with Crippen LogP contribution in [0.15, 0.2) is 22.8 Å². The molecular weight excluding hydrogens is 292 g/mol. The molecule has 0 atom stereocenters. The van der Waals surface area contributed by atoms with Crippen LogP contribution in [0.1, 0.15) is 32.4 Å². The fraction of sp³-hybridized carbons (Fsp3) is 0.643. The number of nitrogens with one attached hydrogen (secondary N) is 1. The third kappa shape index (κ3) is 7.29. The zero-order valence-corrected chi connectivity index (χ0v) is 13.6. The van der Waals surface area contributed by atoms with Gasteiger partial charge in [-0.05, 0) is 24.5 Å². The summed E-state index contributed by atoms with van der Waals surface area (Å²) in [7, 11) is -3.38. The summed E-state index contributed by atoms with van der Waals surface area (Å²) in [5.74, 6) is 0.946. The summed E-state index contributed by atoms with van der Waals surface area (Å²) in [4.78, 5) is 11.7. The van der Waals surface area contributed by atoms with Gasteiger partial charge in [0.25, 0.3) is 0 Å². The molecule has 7 heteroatoms. The fourth-order valence-electron chi connectivity index (χ4n) is 1.75. The molecule has 1 amide bonds. The molecule has 0 aliphatic heterocycles. The molecule has 1 aromatic rings. The van der Waals surface area contributed by atoms with Crippen molar-refractivity contribution in [3.63, 3.8) is 0 Å². The number of sulfonamides is 1. The van der Waals surface area contributed by atoms with E-state index in [1.807, 2.05) is 0 Å². The molecule has 1 aromatic heterocycles. The van der Waals surface area contributed by atoms with Crippen LogP contribution < -0.4 is 5.32 Å². The van der Waals surface area contributed by atoms with Crippen molar-refractivity contribution < 1.29 is 17.6 Å². The Labute approximate surface area is 126 Å². The first-order chi connectivity index (χ1) is 9.79. The Bertz CT molecular complexity index is 523. The second-order valence-electron chi connectivity index (χ2n) is 5.46. The number of rotatable bonds is 9. The Kier molecular flexibility index (Phi) is 6.91. The summed E-state index contributed by atoms with van der Waals surface area (Å²) >= 11 is 0. The first-order valence-electron chi connectivity index (χ1n) is 7.03. The van der Waals surface area contributed by atoms with Crippen molar-refractivity contribution in [2.75, 3.05) is 19.3 Å². The smallest absolute Gasteiger partial charge is 0.221 e. The van der Waals surface area contributed by atoms with Gasteiger partial charge in [-0.3, -0.25) is 4.79 Å². The Morgan fingerprint density at radius 1 is 1.43 bits per heavy atom.